The Kier molecular flexibility index (Phi) is 8.12. The summed E-state index contributed by atoms with van der Waals surface area (Å²) in [6, 6.07) is 22.5. The van der Waals surface area contributed by atoms with Crippen LogP contribution < -0.4 is 24.7 Å². The summed E-state index contributed by atoms with van der Waals surface area (Å²) in [7, 11) is 0. The Morgan fingerprint density at radius 3 is 2.48 bits per heavy atom. The van der Waals surface area contributed by atoms with Crippen LogP contribution in [0.25, 0.3) is 11.0 Å². The lowest BCUT2D eigenvalue weighted by atomic mass is 9.83. The lowest BCUT2D eigenvalue weighted by molar-refractivity contribution is 0.0702. The molecule has 4 aromatic carbocycles. The van der Waals surface area contributed by atoms with E-state index in [1.165, 1.54) is 12.1 Å². The molecule has 232 valence electrons. The predicted octanol–water partition coefficient (Wildman–Crippen LogP) is 7.91. The largest absolute Gasteiger partial charge is 0.490 e. The Morgan fingerprint density at radius 2 is 1.74 bits per heavy atom. The van der Waals surface area contributed by atoms with Gasteiger partial charge in [0.15, 0.2) is 11.5 Å². The lowest BCUT2D eigenvalue weighted by Crippen LogP contribution is -2.21. The summed E-state index contributed by atoms with van der Waals surface area (Å²) in [4.78, 5) is 13.2. The van der Waals surface area contributed by atoms with Gasteiger partial charge in [0, 0.05) is 22.6 Å². The maximum atomic E-state index is 13.3. The third kappa shape index (κ3) is 5.61. The average Bonchev–Trinajstić information content (AvgIpc) is 3.39. The SMILES string of the molecule is CCOc1cc(C2C(C#N)=C(N)Oc3cc(OC(=O)c4oc5c(C)c(C)ccc5c4C)ccc32)ccc1OCc1ccc(F)cc1. The number of halogens is 1. The number of esters is 1. The van der Waals surface area contributed by atoms with Gasteiger partial charge in [-0.25, -0.2) is 9.18 Å². The highest BCUT2D eigenvalue weighted by molar-refractivity contribution is 5.98. The third-order valence-corrected chi connectivity index (χ3v) is 8.12. The van der Waals surface area contributed by atoms with Crippen molar-refractivity contribution in [3.8, 4) is 29.1 Å². The third-order valence-electron chi connectivity index (χ3n) is 8.12. The van der Waals surface area contributed by atoms with Crippen LogP contribution in [0.5, 0.6) is 23.0 Å². The van der Waals surface area contributed by atoms with Crippen LogP contribution in [-0.2, 0) is 6.61 Å². The van der Waals surface area contributed by atoms with Crippen molar-refractivity contribution in [3.05, 3.63) is 129 Å². The summed E-state index contributed by atoms with van der Waals surface area (Å²) in [5, 5.41) is 10.9. The number of nitriles is 1. The number of furan rings is 1. The Labute approximate surface area is 265 Å². The van der Waals surface area contributed by atoms with E-state index in [2.05, 4.69) is 6.07 Å². The number of rotatable bonds is 8. The highest BCUT2D eigenvalue weighted by Crippen LogP contribution is 2.45. The number of nitrogens with zero attached hydrogens (tertiary/aromatic N) is 1. The molecule has 1 aliphatic rings. The van der Waals surface area contributed by atoms with E-state index in [-0.39, 0.29) is 35.4 Å². The van der Waals surface area contributed by atoms with Crippen LogP contribution in [0, 0.1) is 37.9 Å². The molecule has 0 radical (unpaired) electrons. The van der Waals surface area contributed by atoms with Crippen molar-refractivity contribution in [2.24, 2.45) is 5.73 Å². The molecule has 1 atom stereocenters. The molecule has 8 nitrogen and oxygen atoms in total. The number of aryl methyl sites for hydroxylation is 3. The van der Waals surface area contributed by atoms with Gasteiger partial charge in [-0.15, -0.1) is 0 Å². The lowest BCUT2D eigenvalue weighted by Gasteiger charge is -2.27. The van der Waals surface area contributed by atoms with Crippen LogP contribution in [0.2, 0.25) is 0 Å². The van der Waals surface area contributed by atoms with Gasteiger partial charge in [0.05, 0.1) is 12.5 Å². The monoisotopic (exact) mass is 618 g/mol. The molecule has 6 rings (SSSR count). The van der Waals surface area contributed by atoms with Crippen LogP contribution >= 0.6 is 0 Å². The van der Waals surface area contributed by atoms with Crippen molar-refractivity contribution >= 4 is 16.9 Å². The molecule has 5 aromatic rings. The van der Waals surface area contributed by atoms with Crippen LogP contribution in [0.15, 0.2) is 88.7 Å². The number of nitrogens with two attached hydrogens (primary N) is 1. The van der Waals surface area contributed by atoms with Gasteiger partial charge in [-0.1, -0.05) is 36.4 Å². The Hall–Kier alpha value is -5.75. The highest BCUT2D eigenvalue weighted by Gasteiger charge is 2.32. The van der Waals surface area contributed by atoms with Gasteiger partial charge >= 0.3 is 5.97 Å². The van der Waals surface area contributed by atoms with Crippen LogP contribution in [0.4, 0.5) is 4.39 Å². The van der Waals surface area contributed by atoms with E-state index < -0.39 is 11.9 Å². The van der Waals surface area contributed by atoms with Gasteiger partial charge in [-0.05, 0) is 80.3 Å². The average molecular weight is 619 g/mol. The molecule has 0 amide bonds. The first kappa shape index (κ1) is 30.3. The number of carbonyl (C=O) groups is 1. The number of hydrogen-bond donors (Lipinski definition) is 1. The van der Waals surface area contributed by atoms with Crippen molar-refractivity contribution < 1.29 is 32.5 Å². The second-order valence-corrected chi connectivity index (χ2v) is 11.0. The number of ether oxygens (including phenoxy) is 4. The second-order valence-electron chi connectivity index (χ2n) is 11.0. The zero-order chi connectivity index (χ0) is 32.5. The normalized spacial score (nSPS) is 14.0. The van der Waals surface area contributed by atoms with Crippen molar-refractivity contribution in [2.45, 2.75) is 40.2 Å². The molecule has 2 N–H and O–H groups in total. The van der Waals surface area contributed by atoms with E-state index >= 15 is 0 Å². The molecule has 9 heteroatoms. The molecule has 0 aliphatic carbocycles. The fourth-order valence-corrected chi connectivity index (χ4v) is 5.54. The topological polar surface area (TPSA) is 117 Å². The highest BCUT2D eigenvalue weighted by atomic mass is 19.1. The van der Waals surface area contributed by atoms with E-state index in [1.807, 2.05) is 45.9 Å². The number of benzene rings is 4. The quantitative estimate of drug-likeness (QED) is 0.138. The molecule has 2 heterocycles. The molecule has 0 spiro atoms. The first-order valence-corrected chi connectivity index (χ1v) is 14.8. The summed E-state index contributed by atoms with van der Waals surface area (Å²) >= 11 is 0. The van der Waals surface area contributed by atoms with Crippen LogP contribution in [0.1, 0.15) is 56.8 Å². The van der Waals surface area contributed by atoms with Gasteiger partial charge in [0.25, 0.3) is 0 Å². The standard InChI is InChI=1S/C37H31FN2O6/c1-5-42-32-16-24(9-15-30(32)43-19-23-7-10-25(38)11-8-23)33-28-14-12-26(17-31(28)45-36(40)29(33)18-39)44-37(41)35-22(4)27-13-6-20(2)21(3)34(27)46-35/h6-17,33H,5,19,40H2,1-4H3. The van der Waals surface area contributed by atoms with Gasteiger partial charge in [-0.2, -0.15) is 5.26 Å². The Bertz CT molecular complexity index is 2060. The maximum Gasteiger partial charge on any atom is 0.379 e. The summed E-state index contributed by atoms with van der Waals surface area (Å²) in [6.07, 6.45) is 0. The minimum Gasteiger partial charge on any atom is -0.490 e. The van der Waals surface area contributed by atoms with Crippen molar-refractivity contribution in [1.82, 2.24) is 0 Å². The van der Waals surface area contributed by atoms with Crippen molar-refractivity contribution in [2.75, 3.05) is 6.61 Å². The first-order valence-electron chi connectivity index (χ1n) is 14.8. The Morgan fingerprint density at radius 1 is 0.957 bits per heavy atom. The minimum atomic E-state index is -0.642. The zero-order valence-corrected chi connectivity index (χ0v) is 25.8. The molecule has 1 aliphatic heterocycles. The van der Waals surface area contributed by atoms with Crippen LogP contribution in [0.3, 0.4) is 0 Å². The molecular weight excluding hydrogens is 587 g/mol. The smallest absolute Gasteiger partial charge is 0.379 e. The van der Waals surface area contributed by atoms with Crippen LogP contribution in [-0.4, -0.2) is 12.6 Å². The van der Waals surface area contributed by atoms with E-state index in [1.54, 1.807) is 42.5 Å². The van der Waals surface area contributed by atoms with E-state index in [4.69, 9.17) is 29.1 Å². The molecule has 46 heavy (non-hydrogen) atoms. The minimum absolute atomic E-state index is 0.0583. The van der Waals surface area contributed by atoms with Gasteiger partial charge in [-0.3, -0.25) is 0 Å². The molecule has 1 aromatic heterocycles. The van der Waals surface area contributed by atoms with E-state index in [0.29, 0.717) is 40.6 Å². The first-order chi connectivity index (χ1) is 22.2. The predicted molar refractivity (Wildman–Crippen MR) is 169 cm³/mol. The molecule has 0 saturated carbocycles. The van der Waals surface area contributed by atoms with E-state index in [0.717, 1.165) is 27.6 Å². The second kappa shape index (κ2) is 12.3. The van der Waals surface area contributed by atoms with Gasteiger partial charge < -0.3 is 29.1 Å². The molecule has 0 saturated heterocycles. The molecule has 0 fully saturated rings. The summed E-state index contributed by atoms with van der Waals surface area (Å²) < 4.78 is 42.7. The number of carbonyl (C=O) groups excluding carboxylic acids is 1. The van der Waals surface area contributed by atoms with E-state index in [9.17, 15) is 14.4 Å². The molecule has 1 unspecified atom stereocenters. The summed E-state index contributed by atoms with van der Waals surface area (Å²) in [5.41, 5.74) is 12.0. The van der Waals surface area contributed by atoms with Gasteiger partial charge in [0.1, 0.15) is 41.1 Å². The fourth-order valence-electron chi connectivity index (χ4n) is 5.54. The van der Waals surface area contributed by atoms with Gasteiger partial charge in [0.2, 0.25) is 11.6 Å². The number of fused-ring (bicyclic) bond motifs is 2. The number of hydrogen-bond acceptors (Lipinski definition) is 8. The summed E-state index contributed by atoms with van der Waals surface area (Å²) in [6.45, 7) is 8.21. The Balaban J connectivity index is 1.30. The fraction of sp³-hybridized carbons (Fsp3) is 0.189. The summed E-state index contributed by atoms with van der Waals surface area (Å²) in [5.74, 6) is 0.0435. The molecular formula is C37H31FN2O6. The maximum absolute atomic E-state index is 13.3. The van der Waals surface area contributed by atoms with Crippen molar-refractivity contribution in [3.63, 3.8) is 0 Å². The van der Waals surface area contributed by atoms with Crippen molar-refractivity contribution in [1.29, 1.82) is 5.26 Å². The zero-order valence-electron chi connectivity index (χ0n) is 25.8. The molecule has 0 bridgehead atoms. The number of allylic oxidation sites excluding steroid dienone is 1.